The van der Waals surface area contributed by atoms with E-state index in [4.69, 9.17) is 4.98 Å². The highest BCUT2D eigenvalue weighted by atomic mass is 79.9. The number of fused-ring (bicyclic) bond motifs is 3. The minimum absolute atomic E-state index is 0.00419. The summed E-state index contributed by atoms with van der Waals surface area (Å²) in [6.45, 7) is 4.72. The van der Waals surface area contributed by atoms with E-state index in [9.17, 15) is 9.59 Å². The van der Waals surface area contributed by atoms with Crippen LogP contribution >= 0.6 is 27.7 Å². The van der Waals surface area contributed by atoms with Gasteiger partial charge in [0.25, 0.3) is 5.56 Å². The third-order valence-corrected chi connectivity index (χ3v) is 8.56. The van der Waals surface area contributed by atoms with Crippen LogP contribution in [0.25, 0.3) is 11.3 Å². The normalized spacial score (nSPS) is 16.3. The number of nitrogens with zero attached hydrogens (tertiary/aromatic N) is 2. The predicted octanol–water partition coefficient (Wildman–Crippen LogP) is 6.92. The molecule has 0 saturated heterocycles. The Bertz CT molecular complexity index is 1480. The van der Waals surface area contributed by atoms with Crippen LogP contribution in [0.1, 0.15) is 47.3 Å². The quantitative estimate of drug-likeness (QED) is 0.140. The lowest BCUT2D eigenvalue weighted by atomic mass is 9.69. The number of hydrogen-bond acceptors (Lipinski definition) is 4. The number of halogens is 1. The van der Waals surface area contributed by atoms with Crippen molar-refractivity contribution >= 4 is 33.5 Å². The third-order valence-electron chi connectivity index (χ3n) is 7.05. The van der Waals surface area contributed by atoms with Gasteiger partial charge in [0, 0.05) is 21.0 Å². The van der Waals surface area contributed by atoms with Gasteiger partial charge in [0.15, 0.2) is 10.9 Å². The van der Waals surface area contributed by atoms with E-state index in [0.29, 0.717) is 17.3 Å². The Labute approximate surface area is 223 Å². The minimum Gasteiger partial charge on any atom is -0.293 e. The largest absolute Gasteiger partial charge is 0.293 e. The molecule has 0 radical (unpaired) electrons. The van der Waals surface area contributed by atoms with E-state index < -0.39 is 0 Å². The molecule has 0 amide bonds. The van der Waals surface area contributed by atoms with Crippen molar-refractivity contribution in [3.8, 4) is 11.3 Å². The van der Waals surface area contributed by atoms with Gasteiger partial charge in [-0.05, 0) is 36.1 Å². The molecular formula is C30H27BrN2O2S. The number of benzene rings is 3. The number of ketones is 1. The molecule has 0 unspecified atom stereocenters. The fourth-order valence-electron chi connectivity index (χ4n) is 4.85. The van der Waals surface area contributed by atoms with Crippen LogP contribution in [-0.2, 0) is 18.4 Å². The van der Waals surface area contributed by atoms with Crippen molar-refractivity contribution in [2.45, 2.75) is 43.8 Å². The lowest BCUT2D eigenvalue weighted by molar-refractivity contribution is 0.102. The topological polar surface area (TPSA) is 52.0 Å². The average Bonchev–Trinajstić information content (AvgIpc) is 2.90. The summed E-state index contributed by atoms with van der Waals surface area (Å²) in [7, 11) is 0. The summed E-state index contributed by atoms with van der Waals surface area (Å²) < 4.78 is 2.69. The first kappa shape index (κ1) is 24.7. The molecule has 0 spiro atoms. The standard InChI is InChI=1S/C30H27BrN2O2S/c1-3-30(2)17-22-11-7-8-12-24(22)27-26(30)28(35)33(18-20-9-5-4-6-10-20)29(32-27)36-19-25(34)21-13-15-23(31)16-14-21/h4-16H,3,17-19H2,1-2H3/t30-/m1/s1. The number of rotatable bonds is 7. The monoisotopic (exact) mass is 558 g/mol. The molecule has 1 atom stereocenters. The predicted molar refractivity (Wildman–Crippen MR) is 150 cm³/mol. The van der Waals surface area contributed by atoms with Crippen LogP contribution in [0.15, 0.2) is 93.3 Å². The van der Waals surface area contributed by atoms with Gasteiger partial charge >= 0.3 is 0 Å². The fourth-order valence-corrected chi connectivity index (χ4v) is 6.01. The van der Waals surface area contributed by atoms with Crippen LogP contribution < -0.4 is 5.56 Å². The number of thioether (sulfide) groups is 1. The minimum atomic E-state index is -0.303. The van der Waals surface area contributed by atoms with Gasteiger partial charge in [-0.25, -0.2) is 4.98 Å². The van der Waals surface area contributed by atoms with Gasteiger partial charge in [0.05, 0.1) is 23.6 Å². The second-order valence-electron chi connectivity index (χ2n) is 9.46. The number of carbonyl (C=O) groups excluding carboxylic acids is 1. The van der Waals surface area contributed by atoms with E-state index in [1.165, 1.54) is 17.3 Å². The smallest absolute Gasteiger partial charge is 0.258 e. The molecule has 3 aromatic carbocycles. The summed E-state index contributed by atoms with van der Waals surface area (Å²) in [4.78, 5) is 32.3. The Balaban J connectivity index is 1.62. The number of aromatic nitrogens is 2. The van der Waals surface area contributed by atoms with E-state index in [1.807, 2.05) is 66.7 Å². The van der Waals surface area contributed by atoms with E-state index in [1.54, 1.807) is 4.57 Å². The van der Waals surface area contributed by atoms with Gasteiger partial charge in [-0.1, -0.05) is 108 Å². The van der Waals surface area contributed by atoms with Gasteiger partial charge in [-0.15, -0.1) is 0 Å². The summed E-state index contributed by atoms with van der Waals surface area (Å²) in [5.74, 6) is 0.207. The maximum atomic E-state index is 14.2. The first-order valence-corrected chi connectivity index (χ1v) is 13.9. The van der Waals surface area contributed by atoms with Crippen molar-refractivity contribution < 1.29 is 4.79 Å². The van der Waals surface area contributed by atoms with Crippen LogP contribution in [0.3, 0.4) is 0 Å². The van der Waals surface area contributed by atoms with Crippen molar-refractivity contribution in [2.75, 3.05) is 5.75 Å². The van der Waals surface area contributed by atoms with Crippen molar-refractivity contribution in [2.24, 2.45) is 0 Å². The highest BCUT2D eigenvalue weighted by Gasteiger charge is 2.38. The average molecular weight is 560 g/mol. The fraction of sp³-hybridized carbons (Fsp3) is 0.233. The van der Waals surface area contributed by atoms with Gasteiger partial charge in [0.2, 0.25) is 0 Å². The number of Topliss-reactive ketones (excluding diaryl/α,β-unsaturated/α-hetero) is 1. The van der Waals surface area contributed by atoms with Crippen molar-refractivity contribution in [1.82, 2.24) is 9.55 Å². The summed E-state index contributed by atoms with van der Waals surface area (Å²) in [5.41, 5.74) is 5.12. The summed E-state index contributed by atoms with van der Waals surface area (Å²) in [6.07, 6.45) is 1.65. The molecule has 0 bridgehead atoms. The maximum absolute atomic E-state index is 14.2. The van der Waals surface area contributed by atoms with Gasteiger partial charge in [-0.2, -0.15) is 0 Å². The van der Waals surface area contributed by atoms with Crippen molar-refractivity contribution in [3.05, 3.63) is 116 Å². The zero-order valence-corrected chi connectivity index (χ0v) is 22.7. The zero-order valence-electron chi connectivity index (χ0n) is 20.3. The zero-order chi connectivity index (χ0) is 25.3. The van der Waals surface area contributed by atoms with Crippen LogP contribution in [0.5, 0.6) is 0 Å². The molecule has 6 heteroatoms. The summed E-state index contributed by atoms with van der Waals surface area (Å²) >= 11 is 4.75. The van der Waals surface area contributed by atoms with Crippen molar-refractivity contribution in [1.29, 1.82) is 0 Å². The van der Waals surface area contributed by atoms with Crippen LogP contribution in [0.2, 0.25) is 0 Å². The van der Waals surface area contributed by atoms with Crippen LogP contribution in [0, 0.1) is 0 Å². The van der Waals surface area contributed by atoms with E-state index in [-0.39, 0.29) is 22.5 Å². The Morgan fingerprint density at radius 2 is 1.72 bits per heavy atom. The lowest BCUT2D eigenvalue weighted by Crippen LogP contribution is -2.40. The second kappa shape index (κ2) is 10.2. The maximum Gasteiger partial charge on any atom is 0.258 e. The van der Waals surface area contributed by atoms with Crippen LogP contribution in [-0.4, -0.2) is 21.1 Å². The van der Waals surface area contributed by atoms with Gasteiger partial charge < -0.3 is 0 Å². The highest BCUT2D eigenvalue weighted by molar-refractivity contribution is 9.10. The second-order valence-corrected chi connectivity index (χ2v) is 11.3. The SMILES string of the molecule is CC[C@]1(C)Cc2ccccc2-c2nc(SCC(=O)c3ccc(Br)cc3)n(Cc3ccccc3)c(=O)c21. The molecule has 1 aliphatic rings. The molecule has 0 fully saturated rings. The molecule has 4 nitrogen and oxygen atoms in total. The van der Waals surface area contributed by atoms with Crippen molar-refractivity contribution in [3.63, 3.8) is 0 Å². The Morgan fingerprint density at radius 3 is 2.44 bits per heavy atom. The Kier molecular flexibility index (Phi) is 7.00. The Morgan fingerprint density at radius 1 is 1.03 bits per heavy atom. The van der Waals surface area contributed by atoms with Crippen LogP contribution in [0.4, 0.5) is 0 Å². The molecule has 0 N–H and O–H groups in total. The van der Waals surface area contributed by atoms with Gasteiger partial charge in [-0.3, -0.25) is 14.2 Å². The summed E-state index contributed by atoms with van der Waals surface area (Å²) in [6, 6.07) is 25.5. The molecule has 36 heavy (non-hydrogen) atoms. The number of hydrogen-bond donors (Lipinski definition) is 0. The summed E-state index contributed by atoms with van der Waals surface area (Å²) in [5, 5.41) is 0.572. The highest BCUT2D eigenvalue weighted by Crippen LogP contribution is 2.43. The molecule has 5 rings (SSSR count). The number of carbonyl (C=O) groups is 1. The molecule has 1 aliphatic carbocycles. The molecular weight excluding hydrogens is 532 g/mol. The van der Waals surface area contributed by atoms with E-state index in [2.05, 4.69) is 41.9 Å². The molecule has 0 saturated carbocycles. The molecule has 1 aromatic heterocycles. The third kappa shape index (κ3) is 4.72. The Hall–Kier alpha value is -2.96. The van der Waals surface area contributed by atoms with E-state index in [0.717, 1.165) is 39.7 Å². The lowest BCUT2D eigenvalue weighted by Gasteiger charge is -2.36. The molecule has 1 heterocycles. The van der Waals surface area contributed by atoms with E-state index >= 15 is 0 Å². The first-order valence-electron chi connectivity index (χ1n) is 12.1. The molecule has 0 aliphatic heterocycles. The first-order chi connectivity index (χ1) is 17.4. The molecule has 4 aromatic rings. The molecule has 182 valence electrons. The van der Waals surface area contributed by atoms with Gasteiger partial charge in [0.1, 0.15) is 0 Å².